The number of piperidine rings is 1. The van der Waals surface area contributed by atoms with E-state index in [0.717, 1.165) is 24.8 Å². The maximum absolute atomic E-state index is 13.5. The minimum Gasteiger partial charge on any atom is -0.449 e. The number of halogens is 1. The predicted octanol–water partition coefficient (Wildman–Crippen LogP) is 4.15. The third kappa shape index (κ3) is 5.19. The van der Waals surface area contributed by atoms with Crippen molar-refractivity contribution in [2.24, 2.45) is 11.3 Å². The van der Waals surface area contributed by atoms with Crippen LogP contribution in [0.25, 0.3) is 0 Å². The molecule has 2 unspecified atom stereocenters. The molecule has 1 aliphatic carbocycles. The maximum atomic E-state index is 13.5. The largest absolute Gasteiger partial charge is 0.449 e. The van der Waals surface area contributed by atoms with Crippen LogP contribution < -0.4 is 0 Å². The summed E-state index contributed by atoms with van der Waals surface area (Å²) in [6.45, 7) is 6.69. The summed E-state index contributed by atoms with van der Waals surface area (Å²) in [7, 11) is 1.75. The van der Waals surface area contributed by atoms with Crippen LogP contribution in [0.3, 0.4) is 0 Å². The molecule has 2 atom stereocenters. The summed E-state index contributed by atoms with van der Waals surface area (Å²) in [5.41, 5.74) is 0.889. The fourth-order valence-electron chi connectivity index (χ4n) is 5.19. The van der Waals surface area contributed by atoms with E-state index in [1.54, 1.807) is 11.9 Å². The number of carbonyl (C=O) groups excluding carboxylic acids is 3. The van der Waals surface area contributed by atoms with Gasteiger partial charge in [0.05, 0.1) is 12.6 Å². The number of likely N-dealkylation sites (N-methyl/N-ethyl adjacent to an activating group) is 1. The molecule has 2 heterocycles. The topological polar surface area (TPSA) is 70.2 Å². The second-order valence-electron chi connectivity index (χ2n) is 10.3. The second kappa shape index (κ2) is 10.1. The van der Waals surface area contributed by atoms with Gasteiger partial charge in [0.15, 0.2) is 0 Å². The Balaban J connectivity index is 1.43. The molecule has 2 saturated heterocycles. The first-order valence-electron chi connectivity index (χ1n) is 12.5. The molecule has 1 aromatic carbocycles. The lowest BCUT2D eigenvalue weighted by Crippen LogP contribution is -2.46. The van der Waals surface area contributed by atoms with Crippen molar-refractivity contribution in [2.45, 2.75) is 57.9 Å². The maximum Gasteiger partial charge on any atom is 0.409 e. The quantitative estimate of drug-likeness (QED) is 0.601. The fourth-order valence-corrected chi connectivity index (χ4v) is 5.32. The van der Waals surface area contributed by atoms with Crippen LogP contribution in [0, 0.1) is 11.3 Å². The van der Waals surface area contributed by atoms with Crippen LogP contribution in [0.4, 0.5) is 4.79 Å². The molecular weight excluding hydrogens is 454 g/mol. The zero-order valence-corrected chi connectivity index (χ0v) is 21.2. The monoisotopic (exact) mass is 489 g/mol. The Morgan fingerprint density at radius 3 is 2.32 bits per heavy atom. The Morgan fingerprint density at radius 2 is 1.74 bits per heavy atom. The lowest BCUT2D eigenvalue weighted by atomic mass is 9.93. The van der Waals surface area contributed by atoms with Gasteiger partial charge in [-0.3, -0.25) is 9.59 Å². The number of amides is 3. The normalized spacial score (nSPS) is 24.1. The van der Waals surface area contributed by atoms with E-state index in [1.165, 1.54) is 0 Å². The van der Waals surface area contributed by atoms with Gasteiger partial charge in [0.2, 0.25) is 11.8 Å². The molecule has 34 heavy (non-hydrogen) atoms. The van der Waals surface area contributed by atoms with E-state index >= 15 is 0 Å². The van der Waals surface area contributed by atoms with Gasteiger partial charge in [0.1, 0.15) is 0 Å². The summed E-state index contributed by atoms with van der Waals surface area (Å²) in [6.07, 6.45) is 3.74. The molecule has 7 nitrogen and oxygen atoms in total. The van der Waals surface area contributed by atoms with E-state index in [4.69, 9.17) is 16.3 Å². The van der Waals surface area contributed by atoms with Crippen molar-refractivity contribution in [1.82, 2.24) is 14.7 Å². The standard InChI is InChI=1S/C26H36ClN3O4/c1-4-15-34-25(33)28(3)22-17-30(16-21(22)18-5-7-20(27)8-6-18)23(31)19-9-13-29(14-10-19)24(32)26(2)11-12-26/h5-8,19,21-22H,4,9-17H2,1-3H3. The number of nitrogens with zero attached hydrogens (tertiary/aromatic N) is 3. The van der Waals surface area contributed by atoms with Gasteiger partial charge in [-0.1, -0.05) is 37.6 Å². The zero-order chi connectivity index (χ0) is 24.5. The van der Waals surface area contributed by atoms with E-state index in [9.17, 15) is 14.4 Å². The SMILES string of the molecule is CCCOC(=O)N(C)C1CN(C(=O)C2CCN(C(=O)C3(C)CC3)CC2)CC1c1ccc(Cl)cc1. The predicted molar refractivity (Wildman–Crippen MR) is 131 cm³/mol. The van der Waals surface area contributed by atoms with Crippen LogP contribution >= 0.6 is 11.6 Å². The Hall–Kier alpha value is -2.28. The summed E-state index contributed by atoms with van der Waals surface area (Å²) >= 11 is 6.09. The van der Waals surface area contributed by atoms with Crippen molar-refractivity contribution in [3.8, 4) is 0 Å². The molecule has 0 bridgehead atoms. The van der Waals surface area contributed by atoms with Gasteiger partial charge in [-0.05, 0) is 49.8 Å². The molecule has 186 valence electrons. The molecule has 8 heteroatoms. The highest BCUT2D eigenvalue weighted by Gasteiger charge is 2.48. The number of hydrogen-bond acceptors (Lipinski definition) is 4. The summed E-state index contributed by atoms with van der Waals surface area (Å²) in [4.78, 5) is 44.3. The highest BCUT2D eigenvalue weighted by molar-refractivity contribution is 6.30. The molecular formula is C26H36ClN3O4. The molecule has 0 aromatic heterocycles. The van der Waals surface area contributed by atoms with Crippen molar-refractivity contribution < 1.29 is 19.1 Å². The lowest BCUT2D eigenvalue weighted by Gasteiger charge is -2.34. The second-order valence-corrected chi connectivity index (χ2v) is 10.8. The average Bonchev–Trinajstić information content (AvgIpc) is 3.45. The van der Waals surface area contributed by atoms with Gasteiger partial charge in [-0.2, -0.15) is 0 Å². The van der Waals surface area contributed by atoms with Crippen LogP contribution in [0.2, 0.25) is 5.02 Å². The Morgan fingerprint density at radius 1 is 1.09 bits per heavy atom. The van der Waals surface area contributed by atoms with Gasteiger partial charge < -0.3 is 19.4 Å². The number of likely N-dealkylation sites (tertiary alicyclic amines) is 2. The zero-order valence-electron chi connectivity index (χ0n) is 20.5. The number of carbonyl (C=O) groups is 3. The molecule has 1 saturated carbocycles. The molecule has 4 rings (SSSR count). The van der Waals surface area contributed by atoms with E-state index in [0.29, 0.717) is 50.7 Å². The third-order valence-electron chi connectivity index (χ3n) is 7.76. The van der Waals surface area contributed by atoms with Gasteiger partial charge in [0.25, 0.3) is 0 Å². The summed E-state index contributed by atoms with van der Waals surface area (Å²) < 4.78 is 5.37. The molecule has 1 aromatic rings. The van der Waals surface area contributed by atoms with Gasteiger partial charge in [0, 0.05) is 55.5 Å². The Bertz CT molecular complexity index is 909. The number of ether oxygens (including phenoxy) is 1. The van der Waals surface area contributed by atoms with Gasteiger partial charge in [-0.15, -0.1) is 0 Å². The lowest BCUT2D eigenvalue weighted by molar-refractivity contribution is -0.142. The van der Waals surface area contributed by atoms with Crippen molar-refractivity contribution in [3.63, 3.8) is 0 Å². The third-order valence-corrected chi connectivity index (χ3v) is 8.01. The van der Waals surface area contributed by atoms with Crippen molar-refractivity contribution >= 4 is 29.5 Å². The average molecular weight is 490 g/mol. The van der Waals surface area contributed by atoms with E-state index < -0.39 is 0 Å². The fraction of sp³-hybridized carbons (Fsp3) is 0.654. The highest BCUT2D eigenvalue weighted by atomic mass is 35.5. The summed E-state index contributed by atoms with van der Waals surface area (Å²) in [6, 6.07) is 7.47. The molecule has 3 aliphatic rings. The molecule has 0 spiro atoms. The van der Waals surface area contributed by atoms with E-state index in [-0.39, 0.29) is 41.2 Å². The first kappa shape index (κ1) is 24.8. The minimum absolute atomic E-state index is 0.0168. The Labute approximate surface area is 207 Å². The van der Waals surface area contributed by atoms with Crippen LogP contribution in [0.15, 0.2) is 24.3 Å². The first-order valence-corrected chi connectivity index (χ1v) is 12.8. The van der Waals surface area contributed by atoms with Crippen LogP contribution in [-0.2, 0) is 14.3 Å². The van der Waals surface area contributed by atoms with Crippen LogP contribution in [-0.4, -0.2) is 78.5 Å². The number of hydrogen-bond donors (Lipinski definition) is 0. The molecule has 0 radical (unpaired) electrons. The molecule has 0 N–H and O–H groups in total. The minimum atomic E-state index is -0.361. The van der Waals surface area contributed by atoms with Crippen molar-refractivity contribution in [2.75, 3.05) is 39.8 Å². The smallest absolute Gasteiger partial charge is 0.409 e. The highest BCUT2D eigenvalue weighted by Crippen LogP contribution is 2.47. The van der Waals surface area contributed by atoms with E-state index in [2.05, 4.69) is 0 Å². The van der Waals surface area contributed by atoms with Crippen LogP contribution in [0.5, 0.6) is 0 Å². The number of benzene rings is 1. The molecule has 3 amide bonds. The van der Waals surface area contributed by atoms with E-state index in [1.807, 2.05) is 47.9 Å². The van der Waals surface area contributed by atoms with Gasteiger partial charge >= 0.3 is 6.09 Å². The van der Waals surface area contributed by atoms with Crippen molar-refractivity contribution in [1.29, 1.82) is 0 Å². The van der Waals surface area contributed by atoms with Crippen LogP contribution in [0.1, 0.15) is 57.4 Å². The first-order chi connectivity index (χ1) is 16.2. The summed E-state index contributed by atoms with van der Waals surface area (Å²) in [5, 5.41) is 0.656. The molecule has 2 aliphatic heterocycles. The summed E-state index contributed by atoms with van der Waals surface area (Å²) in [5.74, 6) is 0.270. The molecule has 3 fully saturated rings. The van der Waals surface area contributed by atoms with Crippen molar-refractivity contribution in [3.05, 3.63) is 34.9 Å². The Kier molecular flexibility index (Phi) is 7.41. The van der Waals surface area contributed by atoms with Gasteiger partial charge in [-0.25, -0.2) is 4.79 Å². The number of rotatable bonds is 6.